The fourth-order valence-electron chi connectivity index (χ4n) is 4.70. The van der Waals surface area contributed by atoms with Crippen LogP contribution in [0.4, 0.5) is 5.82 Å². The van der Waals surface area contributed by atoms with Gasteiger partial charge in [-0.1, -0.05) is 79.9 Å². The summed E-state index contributed by atoms with van der Waals surface area (Å²) in [6.45, 7) is 0. The highest BCUT2D eigenvalue weighted by Crippen LogP contribution is 2.46. The van der Waals surface area contributed by atoms with Crippen LogP contribution in [0.3, 0.4) is 0 Å². The van der Waals surface area contributed by atoms with E-state index in [1.807, 2.05) is 6.07 Å². The number of fused-ring (bicyclic) bond motifs is 1. The first kappa shape index (κ1) is 17.9. The van der Waals surface area contributed by atoms with E-state index in [2.05, 4.69) is 69.6 Å². The number of hydrogen-bond donors (Lipinski definition) is 2. The molecule has 2 heterocycles. The lowest BCUT2D eigenvalue weighted by Crippen LogP contribution is -2.15. The van der Waals surface area contributed by atoms with Gasteiger partial charge in [0.05, 0.1) is 11.1 Å². The van der Waals surface area contributed by atoms with Crippen LogP contribution in [-0.4, -0.2) is 14.5 Å². The summed E-state index contributed by atoms with van der Waals surface area (Å²) in [7, 11) is 0. The fraction of sp³-hybridized carbons (Fsp3) is 0.250. The molecular weight excluding hydrogens is 358 g/mol. The van der Waals surface area contributed by atoms with E-state index in [4.69, 9.17) is 10.8 Å². The molecule has 1 aliphatic rings. The quantitative estimate of drug-likeness (QED) is 0.358. The van der Waals surface area contributed by atoms with E-state index in [1.54, 1.807) is 6.33 Å². The normalized spacial score (nSPS) is 14.9. The van der Waals surface area contributed by atoms with Gasteiger partial charge in [-0.05, 0) is 24.0 Å². The summed E-state index contributed by atoms with van der Waals surface area (Å²) in [6, 6.07) is 21.6. The first-order valence-electron chi connectivity index (χ1n) is 10.3. The molecule has 0 radical (unpaired) electrons. The van der Waals surface area contributed by atoms with E-state index in [1.165, 1.54) is 43.4 Å². The number of nitrogens with one attached hydrogen (secondary N) is 1. The Balaban J connectivity index is 1.92. The molecule has 4 aromatic rings. The van der Waals surface area contributed by atoms with Crippen molar-refractivity contribution >= 4 is 16.9 Å². The third kappa shape index (κ3) is 3.08. The lowest BCUT2D eigenvalue weighted by atomic mass is 9.94. The van der Waals surface area contributed by atoms with Crippen LogP contribution in [-0.2, 0) is 0 Å². The zero-order valence-electron chi connectivity index (χ0n) is 16.4. The van der Waals surface area contributed by atoms with E-state index in [-0.39, 0.29) is 0 Å². The van der Waals surface area contributed by atoms with Gasteiger partial charge < -0.3 is 9.99 Å². The van der Waals surface area contributed by atoms with Crippen molar-refractivity contribution in [3.8, 4) is 22.4 Å². The molecule has 146 valence electrons. The van der Waals surface area contributed by atoms with E-state index in [9.17, 15) is 0 Å². The van der Waals surface area contributed by atoms with E-state index < -0.39 is 0 Å². The van der Waals surface area contributed by atoms with Crippen LogP contribution in [0.25, 0.3) is 33.4 Å². The highest BCUT2D eigenvalue weighted by molar-refractivity contribution is 6.08. The predicted octanol–water partition coefficient (Wildman–Crippen LogP) is 5.56. The lowest BCUT2D eigenvalue weighted by molar-refractivity contribution is 0.362. The molecule has 0 spiro atoms. The van der Waals surface area contributed by atoms with Crippen molar-refractivity contribution < 1.29 is 0 Å². The van der Waals surface area contributed by atoms with Gasteiger partial charge in [-0.15, -0.1) is 0 Å². The molecule has 29 heavy (non-hydrogen) atoms. The van der Waals surface area contributed by atoms with Gasteiger partial charge in [-0.3, -0.25) is 0 Å². The maximum atomic E-state index is 5.89. The summed E-state index contributed by atoms with van der Waals surface area (Å²) in [5.74, 6) is 6.56. The van der Waals surface area contributed by atoms with Gasteiger partial charge in [0.1, 0.15) is 12.0 Å². The highest BCUT2D eigenvalue weighted by Gasteiger charge is 2.28. The Morgan fingerprint density at radius 2 is 1.48 bits per heavy atom. The van der Waals surface area contributed by atoms with Crippen LogP contribution < -0.4 is 11.3 Å². The van der Waals surface area contributed by atoms with Crippen molar-refractivity contribution in [2.75, 3.05) is 5.43 Å². The fourth-order valence-corrected chi connectivity index (χ4v) is 4.70. The second kappa shape index (κ2) is 7.68. The Morgan fingerprint density at radius 3 is 2.14 bits per heavy atom. The van der Waals surface area contributed by atoms with Gasteiger partial charge in [0.15, 0.2) is 5.82 Å². The minimum atomic E-state index is 0.430. The van der Waals surface area contributed by atoms with Crippen molar-refractivity contribution in [3.05, 3.63) is 67.0 Å². The zero-order chi connectivity index (χ0) is 19.6. The Kier molecular flexibility index (Phi) is 4.74. The van der Waals surface area contributed by atoms with Gasteiger partial charge in [-0.25, -0.2) is 15.8 Å². The van der Waals surface area contributed by atoms with E-state index in [0.29, 0.717) is 11.9 Å². The van der Waals surface area contributed by atoms with Crippen LogP contribution >= 0.6 is 0 Å². The maximum absolute atomic E-state index is 5.89. The van der Waals surface area contributed by atoms with Crippen molar-refractivity contribution in [2.45, 2.75) is 38.1 Å². The van der Waals surface area contributed by atoms with Crippen molar-refractivity contribution in [2.24, 2.45) is 5.84 Å². The van der Waals surface area contributed by atoms with Crippen molar-refractivity contribution in [3.63, 3.8) is 0 Å². The Labute approximate surface area is 170 Å². The first-order valence-corrected chi connectivity index (χ1v) is 10.3. The van der Waals surface area contributed by atoms with Gasteiger partial charge in [0, 0.05) is 11.6 Å². The second-order valence-corrected chi connectivity index (χ2v) is 7.68. The topological polar surface area (TPSA) is 68.8 Å². The molecule has 0 amide bonds. The number of nitrogens with two attached hydrogens (primary N) is 1. The number of nitrogen functional groups attached to an aromatic ring is 1. The molecule has 2 aromatic heterocycles. The molecule has 5 nitrogen and oxygen atoms in total. The average molecular weight is 383 g/mol. The van der Waals surface area contributed by atoms with Gasteiger partial charge in [0.25, 0.3) is 0 Å². The average Bonchev–Trinajstić information content (AvgIpc) is 3.16. The smallest absolute Gasteiger partial charge is 0.153 e. The number of anilines is 1. The number of nitrogens with zero attached hydrogens (tertiary/aromatic N) is 3. The molecule has 2 aromatic carbocycles. The maximum Gasteiger partial charge on any atom is 0.153 e. The third-order valence-electron chi connectivity index (χ3n) is 5.97. The second-order valence-electron chi connectivity index (χ2n) is 7.68. The summed E-state index contributed by atoms with van der Waals surface area (Å²) in [5, 5.41) is 0.991. The molecule has 0 saturated heterocycles. The number of hydrogen-bond acceptors (Lipinski definition) is 4. The van der Waals surface area contributed by atoms with Crippen molar-refractivity contribution in [1.29, 1.82) is 0 Å². The molecule has 5 rings (SSSR count). The van der Waals surface area contributed by atoms with Crippen LogP contribution in [0.5, 0.6) is 0 Å². The molecule has 0 unspecified atom stereocenters. The van der Waals surface area contributed by atoms with Crippen molar-refractivity contribution in [1.82, 2.24) is 14.5 Å². The summed E-state index contributed by atoms with van der Waals surface area (Å²) < 4.78 is 2.45. The largest absolute Gasteiger partial charge is 0.321 e. The summed E-state index contributed by atoms with van der Waals surface area (Å²) in [4.78, 5) is 9.20. The number of aromatic nitrogens is 3. The standard InChI is InChI=1S/C24H25N5/c25-28-23-21-20(17-10-4-1-5-11-17)22(18-12-6-2-7-13-18)29(24(21)27-16-26-23)19-14-8-3-9-15-19/h1-2,4-7,10-13,16,19H,3,8-9,14-15,25H2,(H,26,27,28). The van der Waals surface area contributed by atoms with Crippen LogP contribution in [0.15, 0.2) is 67.0 Å². The van der Waals surface area contributed by atoms with Crippen LogP contribution in [0, 0.1) is 0 Å². The first-order chi connectivity index (χ1) is 14.4. The monoisotopic (exact) mass is 383 g/mol. The zero-order valence-corrected chi connectivity index (χ0v) is 16.4. The number of benzene rings is 2. The van der Waals surface area contributed by atoms with Gasteiger partial charge >= 0.3 is 0 Å². The summed E-state index contributed by atoms with van der Waals surface area (Å²) >= 11 is 0. The number of hydrazine groups is 1. The van der Waals surface area contributed by atoms with Crippen LogP contribution in [0.2, 0.25) is 0 Å². The van der Waals surface area contributed by atoms with Crippen LogP contribution in [0.1, 0.15) is 38.1 Å². The minimum absolute atomic E-state index is 0.430. The molecule has 1 saturated carbocycles. The molecule has 0 aliphatic heterocycles. The lowest BCUT2D eigenvalue weighted by Gasteiger charge is -2.26. The molecule has 1 fully saturated rings. The van der Waals surface area contributed by atoms with E-state index in [0.717, 1.165) is 22.2 Å². The predicted molar refractivity (Wildman–Crippen MR) is 118 cm³/mol. The minimum Gasteiger partial charge on any atom is -0.321 e. The highest BCUT2D eigenvalue weighted by atomic mass is 15.3. The Hall–Kier alpha value is -3.18. The molecule has 3 N–H and O–H groups in total. The van der Waals surface area contributed by atoms with E-state index >= 15 is 0 Å². The summed E-state index contributed by atoms with van der Waals surface area (Å²) in [5.41, 5.74) is 8.46. The molecular formula is C24H25N5. The molecule has 0 bridgehead atoms. The van der Waals surface area contributed by atoms with Gasteiger partial charge in [0.2, 0.25) is 0 Å². The Morgan fingerprint density at radius 1 is 0.828 bits per heavy atom. The molecule has 5 heteroatoms. The van der Waals surface area contributed by atoms with Gasteiger partial charge in [-0.2, -0.15) is 0 Å². The summed E-state index contributed by atoms with van der Waals surface area (Å²) in [6.07, 6.45) is 7.78. The SMILES string of the molecule is NNc1ncnc2c1c(-c1ccccc1)c(-c1ccccc1)n2C1CCCCC1. The Bertz CT molecular complexity index is 1110. The third-order valence-corrected chi connectivity index (χ3v) is 5.97. The number of rotatable bonds is 4. The molecule has 0 atom stereocenters. The molecule has 1 aliphatic carbocycles.